The fraction of sp³-hybridized carbons (Fsp3) is 0.933. The highest BCUT2D eigenvalue weighted by Gasteiger charge is 2.60. The monoisotopic (exact) mass is 300 g/mol. The van der Waals surface area contributed by atoms with E-state index < -0.39 is 17.7 Å². The Labute approximate surface area is 125 Å². The average Bonchev–Trinajstić information content (AvgIpc) is 2.85. The van der Waals surface area contributed by atoms with Crippen molar-refractivity contribution >= 4 is 5.78 Å². The first-order chi connectivity index (χ1) is 10.1. The van der Waals surface area contributed by atoms with E-state index in [0.29, 0.717) is 19.8 Å². The Morgan fingerprint density at radius 1 is 1.10 bits per heavy atom. The normalized spacial score (nSPS) is 38.7. The molecule has 6 nitrogen and oxygen atoms in total. The highest BCUT2D eigenvalue weighted by atomic mass is 16.8. The predicted octanol–water partition coefficient (Wildman–Crippen LogP) is 1.41. The van der Waals surface area contributed by atoms with Gasteiger partial charge in [0.15, 0.2) is 11.9 Å². The number of ether oxygens (including phenoxy) is 5. The van der Waals surface area contributed by atoms with Crippen molar-refractivity contribution in [2.24, 2.45) is 0 Å². The third-order valence-corrected chi connectivity index (χ3v) is 4.28. The number of carbonyl (C=O) groups excluding carboxylic acids is 1. The minimum atomic E-state index is -1.29. The summed E-state index contributed by atoms with van der Waals surface area (Å²) < 4.78 is 28.8. The third kappa shape index (κ3) is 2.64. The zero-order valence-electron chi connectivity index (χ0n) is 12.8. The maximum absolute atomic E-state index is 12.7. The molecule has 0 N–H and O–H groups in total. The molecular weight excluding hydrogens is 276 g/mol. The number of ketones is 1. The molecule has 6 heteroatoms. The molecule has 0 aromatic carbocycles. The van der Waals surface area contributed by atoms with Crippen molar-refractivity contribution in [1.82, 2.24) is 0 Å². The number of hydrogen-bond acceptors (Lipinski definition) is 6. The van der Waals surface area contributed by atoms with Gasteiger partial charge in [-0.25, -0.2) is 0 Å². The molecule has 0 aromatic heterocycles. The number of Topliss-reactive ketones (excluding diaryl/α,β-unsaturated/α-hetero) is 1. The van der Waals surface area contributed by atoms with Crippen LogP contribution in [0.1, 0.15) is 39.5 Å². The molecule has 0 saturated carbocycles. The largest absolute Gasteiger partial charge is 0.373 e. The molecule has 3 atom stereocenters. The number of hydrogen-bond donors (Lipinski definition) is 0. The third-order valence-electron chi connectivity index (χ3n) is 4.28. The minimum Gasteiger partial charge on any atom is -0.373 e. The summed E-state index contributed by atoms with van der Waals surface area (Å²) in [5.41, 5.74) is 0. The summed E-state index contributed by atoms with van der Waals surface area (Å²) in [5.74, 6) is -2.15. The van der Waals surface area contributed by atoms with Gasteiger partial charge in [-0.1, -0.05) is 26.7 Å². The van der Waals surface area contributed by atoms with E-state index in [2.05, 4.69) is 13.8 Å². The van der Waals surface area contributed by atoms with E-state index in [9.17, 15) is 4.79 Å². The summed E-state index contributed by atoms with van der Waals surface area (Å²) in [4.78, 5) is 12.7. The Kier molecular flexibility index (Phi) is 4.34. The lowest BCUT2D eigenvalue weighted by atomic mass is 9.99. The maximum atomic E-state index is 12.7. The maximum Gasteiger partial charge on any atom is 0.256 e. The summed E-state index contributed by atoms with van der Waals surface area (Å²) in [5, 5.41) is 0. The molecule has 0 aromatic rings. The van der Waals surface area contributed by atoms with Gasteiger partial charge >= 0.3 is 0 Å². The van der Waals surface area contributed by atoms with Gasteiger partial charge in [0, 0.05) is 12.8 Å². The first-order valence-corrected chi connectivity index (χ1v) is 7.90. The van der Waals surface area contributed by atoms with Crippen LogP contribution in [0.3, 0.4) is 0 Å². The molecule has 21 heavy (non-hydrogen) atoms. The van der Waals surface area contributed by atoms with Gasteiger partial charge in [0.25, 0.3) is 5.79 Å². The van der Waals surface area contributed by atoms with Crippen molar-refractivity contribution in [3.05, 3.63) is 0 Å². The summed E-state index contributed by atoms with van der Waals surface area (Å²) in [6, 6.07) is 0. The van der Waals surface area contributed by atoms with E-state index >= 15 is 0 Å². The Balaban J connectivity index is 1.77. The molecule has 0 amide bonds. The highest BCUT2D eigenvalue weighted by Crippen LogP contribution is 2.41. The quantitative estimate of drug-likeness (QED) is 0.782. The Morgan fingerprint density at radius 3 is 2.48 bits per heavy atom. The van der Waals surface area contributed by atoms with E-state index in [1.54, 1.807) is 0 Å². The van der Waals surface area contributed by atoms with Gasteiger partial charge in [0.05, 0.1) is 19.8 Å². The highest BCUT2D eigenvalue weighted by molar-refractivity contribution is 5.91. The summed E-state index contributed by atoms with van der Waals surface area (Å²) in [6.45, 7) is 5.45. The number of fused-ring (bicyclic) bond motifs is 1. The molecule has 1 spiro atoms. The van der Waals surface area contributed by atoms with Crippen LogP contribution in [0.2, 0.25) is 0 Å². The van der Waals surface area contributed by atoms with Crippen molar-refractivity contribution in [2.45, 2.75) is 63.3 Å². The Hall–Kier alpha value is -0.530. The van der Waals surface area contributed by atoms with Crippen molar-refractivity contribution in [3.63, 3.8) is 0 Å². The van der Waals surface area contributed by atoms with Crippen molar-refractivity contribution in [1.29, 1.82) is 0 Å². The standard InChI is InChI=1S/C15H24O6/c1-3-5-14(6-4-2)20-11-9-19-15(10-17-7-8-18-15)13(16)12(11)21-14/h11-12H,3-10H2,1-2H3. The second kappa shape index (κ2) is 5.93. The van der Waals surface area contributed by atoms with Crippen LogP contribution in [0.5, 0.6) is 0 Å². The van der Waals surface area contributed by atoms with Gasteiger partial charge in [-0.05, 0) is 0 Å². The lowest BCUT2D eigenvalue weighted by molar-refractivity contribution is -0.294. The number of carbonyl (C=O) groups is 1. The first-order valence-electron chi connectivity index (χ1n) is 7.90. The van der Waals surface area contributed by atoms with Gasteiger partial charge < -0.3 is 23.7 Å². The fourth-order valence-electron chi connectivity index (χ4n) is 3.38. The fourth-order valence-corrected chi connectivity index (χ4v) is 3.38. The van der Waals surface area contributed by atoms with Gasteiger partial charge in [-0.15, -0.1) is 0 Å². The van der Waals surface area contributed by atoms with Crippen LogP contribution in [0.4, 0.5) is 0 Å². The van der Waals surface area contributed by atoms with E-state index in [4.69, 9.17) is 23.7 Å². The smallest absolute Gasteiger partial charge is 0.256 e. The predicted molar refractivity (Wildman–Crippen MR) is 72.8 cm³/mol. The summed E-state index contributed by atoms with van der Waals surface area (Å²) in [6.07, 6.45) is 2.50. The minimum absolute atomic E-state index is 0.132. The number of rotatable bonds is 4. The summed E-state index contributed by atoms with van der Waals surface area (Å²) in [7, 11) is 0. The van der Waals surface area contributed by atoms with Crippen LogP contribution < -0.4 is 0 Å². The molecule has 3 saturated heterocycles. The van der Waals surface area contributed by atoms with Crippen molar-refractivity contribution in [3.8, 4) is 0 Å². The van der Waals surface area contributed by atoms with Crippen molar-refractivity contribution < 1.29 is 28.5 Å². The Bertz CT molecular complexity index is 384. The van der Waals surface area contributed by atoms with Crippen LogP contribution in [-0.2, 0) is 28.5 Å². The molecule has 0 bridgehead atoms. The van der Waals surface area contributed by atoms with Crippen LogP contribution in [-0.4, -0.2) is 56.0 Å². The van der Waals surface area contributed by atoms with Crippen LogP contribution in [0, 0.1) is 0 Å². The lowest BCUT2D eigenvalue weighted by Crippen LogP contribution is -2.62. The molecule has 3 aliphatic heterocycles. The van der Waals surface area contributed by atoms with Gasteiger partial charge in [-0.2, -0.15) is 0 Å². The lowest BCUT2D eigenvalue weighted by Gasteiger charge is -2.40. The molecule has 3 fully saturated rings. The zero-order valence-corrected chi connectivity index (χ0v) is 12.8. The van der Waals surface area contributed by atoms with Gasteiger partial charge in [0.2, 0.25) is 5.78 Å². The molecule has 120 valence electrons. The van der Waals surface area contributed by atoms with Crippen LogP contribution >= 0.6 is 0 Å². The zero-order chi connectivity index (χ0) is 14.9. The summed E-state index contributed by atoms with van der Waals surface area (Å²) >= 11 is 0. The van der Waals surface area contributed by atoms with Crippen LogP contribution in [0.25, 0.3) is 0 Å². The topological polar surface area (TPSA) is 63.2 Å². The van der Waals surface area contributed by atoms with Crippen LogP contribution in [0.15, 0.2) is 0 Å². The molecule has 3 heterocycles. The average molecular weight is 300 g/mol. The van der Waals surface area contributed by atoms with Gasteiger partial charge in [-0.3, -0.25) is 4.79 Å². The molecule has 3 aliphatic rings. The van der Waals surface area contributed by atoms with Gasteiger partial charge in [0.1, 0.15) is 12.7 Å². The first kappa shape index (κ1) is 15.4. The molecular formula is C15H24O6. The van der Waals surface area contributed by atoms with E-state index in [1.165, 1.54) is 0 Å². The van der Waals surface area contributed by atoms with E-state index in [0.717, 1.165) is 25.7 Å². The molecule has 0 aliphatic carbocycles. The van der Waals surface area contributed by atoms with Crippen molar-refractivity contribution in [2.75, 3.05) is 26.4 Å². The second-order valence-electron chi connectivity index (χ2n) is 5.93. The SMILES string of the molecule is CCCC1(CCC)OC2COC3(COCCO3)C(=O)C2O1. The molecule has 3 rings (SSSR count). The molecule has 0 radical (unpaired) electrons. The Morgan fingerprint density at radius 2 is 1.86 bits per heavy atom. The van der Waals surface area contributed by atoms with E-state index in [1.807, 2.05) is 0 Å². The molecule has 3 unspecified atom stereocenters. The van der Waals surface area contributed by atoms with E-state index in [-0.39, 0.29) is 18.5 Å². The second-order valence-corrected chi connectivity index (χ2v) is 5.93.